The van der Waals surface area contributed by atoms with Crippen LogP contribution in [0.4, 0.5) is 0 Å². The van der Waals surface area contributed by atoms with Crippen molar-refractivity contribution in [2.24, 2.45) is 11.7 Å². The van der Waals surface area contributed by atoms with Crippen LogP contribution in [0, 0.1) is 11.3 Å². The van der Waals surface area contributed by atoms with Crippen LogP contribution in [0.15, 0.2) is 18.2 Å². The lowest BCUT2D eigenvalue weighted by Gasteiger charge is -2.17. The summed E-state index contributed by atoms with van der Waals surface area (Å²) in [4.78, 5) is 35.7. The maximum absolute atomic E-state index is 12.0. The monoisotopic (exact) mass is 443 g/mol. The van der Waals surface area contributed by atoms with Gasteiger partial charge in [0.25, 0.3) is 0 Å². The van der Waals surface area contributed by atoms with E-state index in [1.807, 2.05) is 13.8 Å². The SMILES string of the molecule is CCC(C)[C@@H](N)C(=O)NCCCC(=O)NC(=N)NC(=O)Cc1c(Cl)cccc1Cl. The molecule has 3 amide bonds. The molecule has 6 N–H and O–H groups in total. The van der Waals surface area contributed by atoms with E-state index in [2.05, 4.69) is 16.0 Å². The van der Waals surface area contributed by atoms with Crippen molar-refractivity contribution in [3.8, 4) is 0 Å². The van der Waals surface area contributed by atoms with Gasteiger partial charge in [-0.2, -0.15) is 0 Å². The molecule has 0 aliphatic carbocycles. The van der Waals surface area contributed by atoms with Crippen LogP contribution in [-0.2, 0) is 20.8 Å². The van der Waals surface area contributed by atoms with E-state index < -0.39 is 23.8 Å². The summed E-state index contributed by atoms with van der Waals surface area (Å²) in [5.41, 5.74) is 6.27. The molecule has 1 aromatic carbocycles. The summed E-state index contributed by atoms with van der Waals surface area (Å²) < 4.78 is 0. The van der Waals surface area contributed by atoms with Crippen molar-refractivity contribution in [1.29, 1.82) is 5.41 Å². The van der Waals surface area contributed by atoms with Crippen molar-refractivity contribution in [2.75, 3.05) is 6.54 Å². The lowest BCUT2D eigenvalue weighted by Crippen LogP contribution is -2.45. The number of hydrogen-bond acceptors (Lipinski definition) is 5. The highest BCUT2D eigenvalue weighted by Gasteiger charge is 2.19. The molecule has 0 saturated carbocycles. The number of guanidine groups is 1. The molecule has 0 saturated heterocycles. The predicted molar refractivity (Wildman–Crippen MR) is 114 cm³/mol. The van der Waals surface area contributed by atoms with Crippen molar-refractivity contribution in [2.45, 2.75) is 45.6 Å². The first-order chi connectivity index (χ1) is 13.6. The maximum atomic E-state index is 12.0. The summed E-state index contributed by atoms with van der Waals surface area (Å²) in [6.45, 7) is 4.15. The van der Waals surface area contributed by atoms with E-state index in [-0.39, 0.29) is 24.7 Å². The minimum absolute atomic E-state index is 0.0723. The molecule has 0 aromatic heterocycles. The van der Waals surface area contributed by atoms with Crippen LogP contribution in [0.5, 0.6) is 0 Å². The molecule has 1 unspecified atom stereocenters. The summed E-state index contributed by atoms with van der Waals surface area (Å²) in [7, 11) is 0. The highest BCUT2D eigenvalue weighted by molar-refractivity contribution is 6.36. The fourth-order valence-electron chi connectivity index (χ4n) is 2.37. The molecule has 10 heteroatoms. The Bertz CT molecular complexity index is 737. The fraction of sp³-hybridized carbons (Fsp3) is 0.474. The van der Waals surface area contributed by atoms with E-state index in [4.69, 9.17) is 34.3 Å². The summed E-state index contributed by atoms with van der Waals surface area (Å²) in [5, 5.41) is 15.6. The van der Waals surface area contributed by atoms with Crippen LogP contribution in [-0.4, -0.2) is 36.3 Å². The average molecular weight is 444 g/mol. The van der Waals surface area contributed by atoms with Gasteiger partial charge >= 0.3 is 0 Å². The van der Waals surface area contributed by atoms with Crippen LogP contribution in [0.25, 0.3) is 0 Å². The van der Waals surface area contributed by atoms with Gasteiger partial charge in [0.15, 0.2) is 0 Å². The van der Waals surface area contributed by atoms with Gasteiger partial charge in [-0.05, 0) is 30.0 Å². The molecular formula is C19H27Cl2N5O3. The van der Waals surface area contributed by atoms with Gasteiger partial charge in [-0.25, -0.2) is 0 Å². The van der Waals surface area contributed by atoms with Gasteiger partial charge in [0.1, 0.15) is 0 Å². The Kier molecular flexibility index (Phi) is 10.6. The number of amides is 3. The first kappa shape index (κ1) is 24.9. The number of nitrogens with two attached hydrogens (primary N) is 1. The van der Waals surface area contributed by atoms with Crippen LogP contribution in [0.1, 0.15) is 38.7 Å². The van der Waals surface area contributed by atoms with Crippen LogP contribution >= 0.6 is 23.2 Å². The van der Waals surface area contributed by atoms with E-state index in [0.29, 0.717) is 28.6 Å². The Balaban J connectivity index is 2.31. The third-order valence-corrected chi connectivity index (χ3v) is 5.08. The highest BCUT2D eigenvalue weighted by atomic mass is 35.5. The molecule has 0 spiro atoms. The minimum atomic E-state index is -0.580. The number of hydrogen-bond donors (Lipinski definition) is 5. The van der Waals surface area contributed by atoms with Gasteiger partial charge in [-0.3, -0.25) is 30.4 Å². The lowest BCUT2D eigenvalue weighted by molar-refractivity contribution is -0.124. The molecule has 0 heterocycles. The number of rotatable bonds is 9. The van der Waals surface area contributed by atoms with Gasteiger partial charge < -0.3 is 11.1 Å². The molecule has 8 nitrogen and oxygen atoms in total. The zero-order valence-corrected chi connectivity index (χ0v) is 18.0. The van der Waals surface area contributed by atoms with E-state index in [1.165, 1.54) is 0 Å². The van der Waals surface area contributed by atoms with E-state index in [1.54, 1.807) is 18.2 Å². The Labute approximate surface area is 180 Å². The number of carbonyl (C=O) groups excluding carboxylic acids is 3. The molecule has 0 aliphatic rings. The molecule has 0 radical (unpaired) electrons. The van der Waals surface area contributed by atoms with E-state index >= 15 is 0 Å². The molecule has 0 aliphatic heterocycles. The summed E-state index contributed by atoms with van der Waals surface area (Å²) in [5.74, 6) is -1.60. The number of halogens is 2. The van der Waals surface area contributed by atoms with Crippen molar-refractivity contribution >= 4 is 46.9 Å². The maximum Gasteiger partial charge on any atom is 0.237 e. The van der Waals surface area contributed by atoms with Gasteiger partial charge in [-0.1, -0.05) is 49.5 Å². The Morgan fingerprint density at radius 1 is 1.14 bits per heavy atom. The fourth-order valence-corrected chi connectivity index (χ4v) is 2.90. The highest BCUT2D eigenvalue weighted by Crippen LogP contribution is 2.24. The quantitative estimate of drug-likeness (QED) is 0.226. The standard InChI is InChI=1S/C19H27Cl2N5O3/c1-3-11(2)17(22)18(29)24-9-5-8-15(27)25-19(23)26-16(28)10-12-13(20)6-4-7-14(12)21/h4,6-7,11,17H,3,5,8-10,22H2,1-2H3,(H,24,29)(H3,23,25,26,27,28)/t11?,17-/m1/s1. The van der Waals surface area contributed by atoms with Crippen LogP contribution in [0.3, 0.4) is 0 Å². The Morgan fingerprint density at radius 2 is 1.72 bits per heavy atom. The zero-order chi connectivity index (χ0) is 22.0. The smallest absolute Gasteiger partial charge is 0.237 e. The molecule has 1 aromatic rings. The van der Waals surface area contributed by atoms with Crippen molar-refractivity contribution < 1.29 is 14.4 Å². The van der Waals surface area contributed by atoms with Gasteiger partial charge in [0.05, 0.1) is 12.5 Å². The lowest BCUT2D eigenvalue weighted by atomic mass is 9.99. The van der Waals surface area contributed by atoms with E-state index in [0.717, 1.165) is 6.42 Å². The number of nitrogens with one attached hydrogen (secondary N) is 4. The average Bonchev–Trinajstić information content (AvgIpc) is 2.66. The molecule has 160 valence electrons. The first-order valence-corrected chi connectivity index (χ1v) is 10.1. The Hall–Kier alpha value is -2.16. The number of benzene rings is 1. The third kappa shape index (κ3) is 8.81. The van der Waals surface area contributed by atoms with Crippen molar-refractivity contribution in [3.05, 3.63) is 33.8 Å². The first-order valence-electron chi connectivity index (χ1n) is 9.30. The predicted octanol–water partition coefficient (Wildman–Crippen LogP) is 1.97. The van der Waals surface area contributed by atoms with Crippen LogP contribution < -0.4 is 21.7 Å². The second-order valence-electron chi connectivity index (χ2n) is 6.65. The summed E-state index contributed by atoms with van der Waals surface area (Å²) >= 11 is 12.0. The van der Waals surface area contributed by atoms with Gasteiger partial charge in [0, 0.05) is 23.0 Å². The summed E-state index contributed by atoms with van der Waals surface area (Å²) in [6, 6.07) is 4.30. The number of carbonyl (C=O) groups is 3. The molecule has 2 atom stereocenters. The molecule has 1 rings (SSSR count). The second kappa shape index (κ2) is 12.4. The second-order valence-corrected chi connectivity index (χ2v) is 7.47. The zero-order valence-electron chi connectivity index (χ0n) is 16.5. The van der Waals surface area contributed by atoms with Crippen molar-refractivity contribution in [3.63, 3.8) is 0 Å². The van der Waals surface area contributed by atoms with Crippen LogP contribution in [0.2, 0.25) is 10.0 Å². The largest absolute Gasteiger partial charge is 0.355 e. The molecule has 0 fully saturated rings. The van der Waals surface area contributed by atoms with Crippen molar-refractivity contribution in [1.82, 2.24) is 16.0 Å². The molecule has 29 heavy (non-hydrogen) atoms. The van der Waals surface area contributed by atoms with Gasteiger partial charge in [-0.15, -0.1) is 0 Å². The summed E-state index contributed by atoms with van der Waals surface area (Å²) in [6.07, 6.45) is 1.13. The van der Waals surface area contributed by atoms with Gasteiger partial charge in [0.2, 0.25) is 23.7 Å². The minimum Gasteiger partial charge on any atom is -0.355 e. The normalized spacial score (nSPS) is 12.6. The van der Waals surface area contributed by atoms with E-state index in [9.17, 15) is 14.4 Å². The third-order valence-electron chi connectivity index (χ3n) is 4.37. The topological polar surface area (TPSA) is 137 Å². The molecule has 0 bridgehead atoms. The molecular weight excluding hydrogens is 417 g/mol. The Morgan fingerprint density at radius 3 is 2.31 bits per heavy atom.